The van der Waals surface area contributed by atoms with Gasteiger partial charge in [-0.1, -0.05) is 24.6 Å². The summed E-state index contributed by atoms with van der Waals surface area (Å²) in [6, 6.07) is 9.55. The second-order valence-corrected chi connectivity index (χ2v) is 5.45. The molecular formula is C15H18N2. The van der Waals surface area contributed by atoms with Crippen molar-refractivity contribution in [1.82, 2.24) is 9.88 Å². The number of hydrogen-bond donors (Lipinski definition) is 1. The van der Waals surface area contributed by atoms with Gasteiger partial charge in [0, 0.05) is 29.2 Å². The number of para-hydroxylation sites is 1. The largest absolute Gasteiger partial charge is 0.357 e. The van der Waals surface area contributed by atoms with Gasteiger partial charge in [0.1, 0.15) is 0 Å². The lowest BCUT2D eigenvalue weighted by molar-refractivity contribution is 0.126. The molecule has 88 valence electrons. The number of rotatable bonds is 0. The highest BCUT2D eigenvalue weighted by Gasteiger charge is 2.30. The Labute approximate surface area is 102 Å². The standard InChI is InChI=1S/C15H18N2/c1-2-7-14-12(6-1)13-9-11-5-3-4-8-17(11)10-15(13)16-14/h1-2,6-7,11,16H,3-5,8-10H2/t11-/m0/s1. The predicted molar refractivity (Wildman–Crippen MR) is 70.1 cm³/mol. The van der Waals surface area contributed by atoms with Crippen molar-refractivity contribution in [1.29, 1.82) is 0 Å². The first-order valence-electron chi connectivity index (χ1n) is 6.74. The van der Waals surface area contributed by atoms with Gasteiger partial charge in [0.05, 0.1) is 0 Å². The number of piperidine rings is 1. The van der Waals surface area contributed by atoms with Crippen LogP contribution in [-0.2, 0) is 13.0 Å². The summed E-state index contributed by atoms with van der Waals surface area (Å²) in [4.78, 5) is 6.28. The van der Waals surface area contributed by atoms with Gasteiger partial charge < -0.3 is 4.98 Å². The van der Waals surface area contributed by atoms with Crippen molar-refractivity contribution < 1.29 is 0 Å². The summed E-state index contributed by atoms with van der Waals surface area (Å²) in [6.45, 7) is 2.42. The summed E-state index contributed by atoms with van der Waals surface area (Å²) in [5.74, 6) is 0. The van der Waals surface area contributed by atoms with Crippen molar-refractivity contribution >= 4 is 10.9 Å². The SMILES string of the molecule is c1ccc2c3c([nH]c2c1)CN1CCCC[C@H]1C3. The lowest BCUT2D eigenvalue weighted by Crippen LogP contribution is -2.43. The lowest BCUT2D eigenvalue weighted by Gasteiger charge is -2.39. The molecule has 0 aliphatic carbocycles. The summed E-state index contributed by atoms with van der Waals surface area (Å²) in [7, 11) is 0. The van der Waals surface area contributed by atoms with Crippen LogP contribution < -0.4 is 0 Å². The number of fused-ring (bicyclic) bond motifs is 4. The highest BCUT2D eigenvalue weighted by atomic mass is 15.2. The molecule has 2 aliphatic rings. The number of hydrogen-bond acceptors (Lipinski definition) is 1. The molecule has 2 nitrogen and oxygen atoms in total. The molecule has 0 unspecified atom stereocenters. The van der Waals surface area contributed by atoms with E-state index in [9.17, 15) is 0 Å². The number of nitrogens with one attached hydrogen (secondary N) is 1. The van der Waals surface area contributed by atoms with Gasteiger partial charge in [-0.05, 0) is 37.4 Å². The molecule has 1 saturated heterocycles. The fourth-order valence-corrected chi connectivity index (χ4v) is 3.56. The third-order valence-corrected chi connectivity index (χ3v) is 4.45. The fraction of sp³-hybridized carbons (Fsp3) is 0.467. The molecule has 1 aromatic carbocycles. The summed E-state index contributed by atoms with van der Waals surface area (Å²) in [5, 5.41) is 1.45. The topological polar surface area (TPSA) is 19.0 Å². The molecular weight excluding hydrogens is 208 g/mol. The van der Waals surface area contributed by atoms with E-state index in [1.54, 1.807) is 5.56 Å². The molecule has 1 fully saturated rings. The molecule has 2 heteroatoms. The van der Waals surface area contributed by atoms with Crippen LogP contribution in [0.15, 0.2) is 24.3 Å². The number of benzene rings is 1. The molecule has 1 N–H and O–H groups in total. The van der Waals surface area contributed by atoms with Crippen LogP contribution >= 0.6 is 0 Å². The molecule has 2 aliphatic heterocycles. The zero-order valence-corrected chi connectivity index (χ0v) is 10.1. The Kier molecular flexibility index (Phi) is 2.06. The van der Waals surface area contributed by atoms with Crippen molar-refractivity contribution in [3.63, 3.8) is 0 Å². The van der Waals surface area contributed by atoms with Crippen LogP contribution in [0.1, 0.15) is 30.5 Å². The van der Waals surface area contributed by atoms with E-state index < -0.39 is 0 Å². The molecule has 2 aromatic rings. The highest BCUT2D eigenvalue weighted by Crippen LogP contribution is 2.33. The van der Waals surface area contributed by atoms with Gasteiger partial charge in [-0.15, -0.1) is 0 Å². The summed E-state index contributed by atoms with van der Waals surface area (Å²) in [5.41, 5.74) is 4.37. The molecule has 0 bridgehead atoms. The van der Waals surface area contributed by atoms with E-state index in [4.69, 9.17) is 0 Å². The molecule has 0 saturated carbocycles. The van der Waals surface area contributed by atoms with Crippen molar-refractivity contribution in [2.45, 2.75) is 38.3 Å². The summed E-state index contributed by atoms with van der Waals surface area (Å²) in [6.07, 6.45) is 5.43. The van der Waals surface area contributed by atoms with Crippen molar-refractivity contribution in [2.24, 2.45) is 0 Å². The Morgan fingerprint density at radius 2 is 2.12 bits per heavy atom. The molecule has 0 radical (unpaired) electrons. The number of H-pyrrole nitrogens is 1. The van der Waals surface area contributed by atoms with E-state index in [2.05, 4.69) is 34.1 Å². The Bertz CT molecular complexity index is 555. The number of aromatic nitrogens is 1. The van der Waals surface area contributed by atoms with Crippen LogP contribution in [0.4, 0.5) is 0 Å². The van der Waals surface area contributed by atoms with E-state index in [0.717, 1.165) is 12.6 Å². The maximum Gasteiger partial charge on any atom is 0.0459 e. The van der Waals surface area contributed by atoms with Crippen LogP contribution in [0.5, 0.6) is 0 Å². The first-order valence-corrected chi connectivity index (χ1v) is 6.74. The van der Waals surface area contributed by atoms with Crippen molar-refractivity contribution in [2.75, 3.05) is 6.54 Å². The first-order chi connectivity index (χ1) is 8.42. The second-order valence-electron chi connectivity index (χ2n) is 5.45. The quantitative estimate of drug-likeness (QED) is 0.731. The van der Waals surface area contributed by atoms with Gasteiger partial charge in [0.2, 0.25) is 0 Å². The second kappa shape index (κ2) is 3.61. The van der Waals surface area contributed by atoms with E-state index in [0.29, 0.717) is 0 Å². The Morgan fingerprint density at radius 1 is 1.18 bits per heavy atom. The Hall–Kier alpha value is -1.28. The van der Waals surface area contributed by atoms with Gasteiger partial charge in [-0.2, -0.15) is 0 Å². The normalized spacial score (nSPS) is 24.6. The van der Waals surface area contributed by atoms with Crippen LogP contribution in [0.2, 0.25) is 0 Å². The summed E-state index contributed by atoms with van der Waals surface area (Å²) < 4.78 is 0. The van der Waals surface area contributed by atoms with Crippen LogP contribution in [0.25, 0.3) is 10.9 Å². The minimum absolute atomic E-state index is 0.801. The van der Waals surface area contributed by atoms with Gasteiger partial charge in [0.25, 0.3) is 0 Å². The maximum absolute atomic E-state index is 3.61. The molecule has 4 rings (SSSR count). The molecule has 1 aromatic heterocycles. The molecule has 0 spiro atoms. The number of nitrogens with zero attached hydrogens (tertiary/aromatic N) is 1. The van der Waals surface area contributed by atoms with Crippen LogP contribution in [-0.4, -0.2) is 22.5 Å². The van der Waals surface area contributed by atoms with E-state index in [-0.39, 0.29) is 0 Å². The monoisotopic (exact) mass is 226 g/mol. The van der Waals surface area contributed by atoms with Crippen molar-refractivity contribution in [3.8, 4) is 0 Å². The molecule has 0 amide bonds. The highest BCUT2D eigenvalue weighted by molar-refractivity contribution is 5.84. The first kappa shape index (κ1) is 9.72. The Morgan fingerprint density at radius 3 is 3.12 bits per heavy atom. The Balaban J connectivity index is 1.83. The van der Waals surface area contributed by atoms with Gasteiger partial charge in [-0.25, -0.2) is 0 Å². The van der Waals surface area contributed by atoms with Crippen LogP contribution in [0, 0.1) is 0 Å². The third kappa shape index (κ3) is 1.44. The fourth-order valence-electron chi connectivity index (χ4n) is 3.56. The van der Waals surface area contributed by atoms with Crippen LogP contribution in [0.3, 0.4) is 0 Å². The minimum Gasteiger partial charge on any atom is -0.357 e. The van der Waals surface area contributed by atoms with Gasteiger partial charge in [0.15, 0.2) is 0 Å². The third-order valence-electron chi connectivity index (χ3n) is 4.45. The average molecular weight is 226 g/mol. The predicted octanol–water partition coefficient (Wildman–Crippen LogP) is 3.08. The number of aromatic amines is 1. The minimum atomic E-state index is 0.801. The maximum atomic E-state index is 3.61. The van der Waals surface area contributed by atoms with Gasteiger partial charge >= 0.3 is 0 Å². The smallest absolute Gasteiger partial charge is 0.0459 e. The van der Waals surface area contributed by atoms with Crippen molar-refractivity contribution in [3.05, 3.63) is 35.5 Å². The molecule has 3 heterocycles. The molecule has 17 heavy (non-hydrogen) atoms. The molecule has 1 atom stereocenters. The van der Waals surface area contributed by atoms with E-state index >= 15 is 0 Å². The van der Waals surface area contributed by atoms with E-state index in [1.165, 1.54) is 48.8 Å². The summed E-state index contributed by atoms with van der Waals surface area (Å²) >= 11 is 0. The average Bonchev–Trinajstić information content (AvgIpc) is 2.73. The van der Waals surface area contributed by atoms with E-state index in [1.807, 2.05) is 0 Å². The zero-order valence-electron chi connectivity index (χ0n) is 10.1. The lowest BCUT2D eigenvalue weighted by atomic mass is 9.90. The van der Waals surface area contributed by atoms with Gasteiger partial charge in [-0.3, -0.25) is 4.90 Å². The zero-order chi connectivity index (χ0) is 11.2.